The van der Waals surface area contributed by atoms with E-state index in [-0.39, 0.29) is 0 Å². The number of nitrogens with zero attached hydrogens (tertiary/aromatic N) is 3. The molecule has 2 saturated heterocycles. The molecule has 0 saturated carbocycles. The zero-order valence-corrected chi connectivity index (χ0v) is 13.2. The van der Waals surface area contributed by atoms with Gasteiger partial charge in [-0.2, -0.15) is 0 Å². The molecule has 4 nitrogen and oxygen atoms in total. The summed E-state index contributed by atoms with van der Waals surface area (Å²) in [6.07, 6.45) is 8.05. The van der Waals surface area contributed by atoms with E-state index in [1.54, 1.807) is 0 Å². The maximum absolute atomic E-state index is 4.36. The summed E-state index contributed by atoms with van der Waals surface area (Å²) in [5.41, 5.74) is 1.37. The van der Waals surface area contributed by atoms with Gasteiger partial charge in [0.25, 0.3) is 0 Å². The SMILES string of the molecule is CC1CNCCN1C(CN1CCCCC1)c1cccnc1. The molecule has 3 rings (SSSR count). The number of likely N-dealkylation sites (tertiary alicyclic amines) is 1. The molecule has 21 heavy (non-hydrogen) atoms. The van der Waals surface area contributed by atoms with Gasteiger partial charge in [-0.1, -0.05) is 12.5 Å². The first-order valence-electron chi connectivity index (χ1n) is 8.43. The van der Waals surface area contributed by atoms with Gasteiger partial charge in [0.2, 0.25) is 0 Å². The van der Waals surface area contributed by atoms with Crippen molar-refractivity contribution in [1.29, 1.82) is 0 Å². The number of hydrogen-bond donors (Lipinski definition) is 1. The molecule has 3 heterocycles. The van der Waals surface area contributed by atoms with Crippen LogP contribution in [0.2, 0.25) is 0 Å². The van der Waals surface area contributed by atoms with Gasteiger partial charge in [-0.3, -0.25) is 9.88 Å². The lowest BCUT2D eigenvalue weighted by Gasteiger charge is -2.42. The molecule has 0 aliphatic carbocycles. The number of rotatable bonds is 4. The Morgan fingerprint density at radius 3 is 2.86 bits per heavy atom. The van der Waals surface area contributed by atoms with Crippen molar-refractivity contribution in [2.45, 2.75) is 38.3 Å². The second-order valence-corrected chi connectivity index (χ2v) is 6.45. The van der Waals surface area contributed by atoms with Crippen molar-refractivity contribution in [3.05, 3.63) is 30.1 Å². The second kappa shape index (κ2) is 7.34. The van der Waals surface area contributed by atoms with Gasteiger partial charge in [0.1, 0.15) is 0 Å². The van der Waals surface area contributed by atoms with Crippen LogP contribution in [0.15, 0.2) is 24.5 Å². The third-order valence-corrected chi connectivity index (χ3v) is 4.90. The molecule has 0 bridgehead atoms. The minimum atomic E-state index is 0.480. The molecular weight excluding hydrogens is 260 g/mol. The lowest BCUT2D eigenvalue weighted by molar-refractivity contribution is 0.0778. The van der Waals surface area contributed by atoms with Gasteiger partial charge in [0, 0.05) is 50.7 Å². The van der Waals surface area contributed by atoms with Gasteiger partial charge in [-0.15, -0.1) is 0 Å². The van der Waals surface area contributed by atoms with Crippen LogP contribution in [0.3, 0.4) is 0 Å². The molecule has 1 aromatic heterocycles. The van der Waals surface area contributed by atoms with Crippen LogP contribution >= 0.6 is 0 Å². The maximum atomic E-state index is 4.36. The van der Waals surface area contributed by atoms with Gasteiger partial charge in [-0.05, 0) is 44.5 Å². The molecule has 1 aromatic rings. The maximum Gasteiger partial charge on any atom is 0.0494 e. The van der Waals surface area contributed by atoms with E-state index in [9.17, 15) is 0 Å². The predicted molar refractivity (Wildman–Crippen MR) is 86.3 cm³/mol. The third kappa shape index (κ3) is 3.82. The quantitative estimate of drug-likeness (QED) is 0.917. The first kappa shape index (κ1) is 14.9. The molecule has 116 valence electrons. The fourth-order valence-corrected chi connectivity index (χ4v) is 3.68. The smallest absolute Gasteiger partial charge is 0.0494 e. The fraction of sp³-hybridized carbons (Fsp3) is 0.706. The van der Waals surface area contributed by atoms with Crippen LogP contribution in [0.25, 0.3) is 0 Å². The van der Waals surface area contributed by atoms with Crippen molar-refractivity contribution < 1.29 is 0 Å². The van der Waals surface area contributed by atoms with Gasteiger partial charge in [-0.25, -0.2) is 0 Å². The van der Waals surface area contributed by atoms with Crippen LogP contribution in [0, 0.1) is 0 Å². The minimum Gasteiger partial charge on any atom is -0.314 e. The van der Waals surface area contributed by atoms with Crippen LogP contribution in [0.5, 0.6) is 0 Å². The minimum absolute atomic E-state index is 0.480. The van der Waals surface area contributed by atoms with E-state index in [2.05, 4.69) is 45.4 Å². The van der Waals surface area contributed by atoms with E-state index < -0.39 is 0 Å². The molecule has 0 radical (unpaired) electrons. The molecule has 2 fully saturated rings. The number of hydrogen-bond acceptors (Lipinski definition) is 4. The van der Waals surface area contributed by atoms with E-state index in [1.165, 1.54) is 37.9 Å². The Labute approximate surface area is 128 Å². The number of piperidine rings is 1. The van der Waals surface area contributed by atoms with E-state index >= 15 is 0 Å². The highest BCUT2D eigenvalue weighted by atomic mass is 15.3. The summed E-state index contributed by atoms with van der Waals surface area (Å²) >= 11 is 0. The molecule has 2 aliphatic heterocycles. The lowest BCUT2D eigenvalue weighted by Crippen LogP contribution is -2.53. The van der Waals surface area contributed by atoms with Crippen LogP contribution in [-0.2, 0) is 0 Å². The van der Waals surface area contributed by atoms with Crippen molar-refractivity contribution in [1.82, 2.24) is 20.1 Å². The summed E-state index contributed by atoms with van der Waals surface area (Å²) in [5.74, 6) is 0. The molecular formula is C17H28N4. The number of piperazine rings is 1. The van der Waals surface area contributed by atoms with Crippen molar-refractivity contribution >= 4 is 0 Å². The van der Waals surface area contributed by atoms with E-state index in [1.807, 2.05) is 6.20 Å². The van der Waals surface area contributed by atoms with Gasteiger partial charge in [0.15, 0.2) is 0 Å². The molecule has 2 aliphatic rings. The van der Waals surface area contributed by atoms with Crippen LogP contribution in [0.4, 0.5) is 0 Å². The summed E-state index contributed by atoms with van der Waals surface area (Å²) < 4.78 is 0. The highest BCUT2D eigenvalue weighted by Crippen LogP contribution is 2.25. The van der Waals surface area contributed by atoms with E-state index in [0.717, 1.165) is 26.2 Å². The van der Waals surface area contributed by atoms with Crippen LogP contribution in [-0.4, -0.2) is 60.1 Å². The van der Waals surface area contributed by atoms with Gasteiger partial charge < -0.3 is 10.2 Å². The Hall–Kier alpha value is -0.970. The summed E-state index contributed by atoms with van der Waals surface area (Å²) in [6, 6.07) is 5.39. The second-order valence-electron chi connectivity index (χ2n) is 6.45. The van der Waals surface area contributed by atoms with Crippen molar-refractivity contribution in [3.63, 3.8) is 0 Å². The lowest BCUT2D eigenvalue weighted by atomic mass is 10.0. The number of pyridine rings is 1. The molecule has 0 aromatic carbocycles. The molecule has 4 heteroatoms. The van der Waals surface area contributed by atoms with E-state index in [4.69, 9.17) is 0 Å². The molecule has 2 unspecified atom stereocenters. The van der Waals surface area contributed by atoms with Gasteiger partial charge in [0.05, 0.1) is 0 Å². The van der Waals surface area contributed by atoms with Crippen LogP contribution in [0.1, 0.15) is 37.8 Å². The molecule has 0 spiro atoms. The monoisotopic (exact) mass is 288 g/mol. The fourth-order valence-electron chi connectivity index (χ4n) is 3.68. The average molecular weight is 288 g/mol. The zero-order valence-electron chi connectivity index (χ0n) is 13.2. The number of nitrogens with one attached hydrogen (secondary N) is 1. The Balaban J connectivity index is 1.76. The van der Waals surface area contributed by atoms with Crippen molar-refractivity contribution in [2.75, 3.05) is 39.3 Å². The van der Waals surface area contributed by atoms with Crippen LogP contribution < -0.4 is 5.32 Å². The first-order valence-corrected chi connectivity index (χ1v) is 8.43. The molecule has 0 amide bonds. The highest BCUT2D eigenvalue weighted by Gasteiger charge is 2.29. The summed E-state index contributed by atoms with van der Waals surface area (Å²) in [4.78, 5) is 9.68. The normalized spacial score (nSPS) is 26.6. The zero-order chi connectivity index (χ0) is 14.5. The predicted octanol–water partition coefficient (Wildman–Crippen LogP) is 1.90. The summed E-state index contributed by atoms with van der Waals surface area (Å²) in [7, 11) is 0. The first-order chi connectivity index (χ1) is 10.3. The standard InChI is InChI=1S/C17H28N4/c1-15-12-19-8-11-21(15)17(16-6-5-7-18-13-16)14-20-9-3-2-4-10-20/h5-7,13,15,17,19H,2-4,8-12,14H2,1H3. The molecule has 2 atom stereocenters. The summed E-state index contributed by atoms with van der Waals surface area (Å²) in [5, 5.41) is 3.50. The Bertz CT molecular complexity index is 416. The average Bonchev–Trinajstić information content (AvgIpc) is 2.55. The van der Waals surface area contributed by atoms with Crippen molar-refractivity contribution in [3.8, 4) is 0 Å². The number of aromatic nitrogens is 1. The third-order valence-electron chi connectivity index (χ3n) is 4.90. The van der Waals surface area contributed by atoms with Crippen molar-refractivity contribution in [2.24, 2.45) is 0 Å². The largest absolute Gasteiger partial charge is 0.314 e. The molecule has 1 N–H and O–H groups in total. The van der Waals surface area contributed by atoms with Gasteiger partial charge >= 0.3 is 0 Å². The summed E-state index contributed by atoms with van der Waals surface area (Å²) in [6.45, 7) is 9.34. The highest BCUT2D eigenvalue weighted by molar-refractivity contribution is 5.15. The Kier molecular flexibility index (Phi) is 5.22. The van der Waals surface area contributed by atoms with E-state index in [0.29, 0.717) is 12.1 Å². The topological polar surface area (TPSA) is 31.4 Å². The Morgan fingerprint density at radius 2 is 2.14 bits per heavy atom. The Morgan fingerprint density at radius 1 is 1.29 bits per heavy atom.